The van der Waals surface area contributed by atoms with Gasteiger partial charge in [0, 0.05) is 30.2 Å². The van der Waals surface area contributed by atoms with Gasteiger partial charge in [-0.3, -0.25) is 4.79 Å². The van der Waals surface area contributed by atoms with Crippen molar-refractivity contribution in [3.8, 4) is 5.75 Å². The summed E-state index contributed by atoms with van der Waals surface area (Å²) in [5.74, 6) is -0.399. The van der Waals surface area contributed by atoms with Gasteiger partial charge >= 0.3 is 5.97 Å². The number of para-hydroxylation sites is 1. The number of amides is 1. The van der Waals surface area contributed by atoms with E-state index < -0.39 is 11.9 Å². The number of allylic oxidation sites excluding steroid dienone is 1. The van der Waals surface area contributed by atoms with Crippen LogP contribution in [0.5, 0.6) is 5.75 Å². The maximum absolute atomic E-state index is 13.5. The molecule has 1 fully saturated rings. The van der Waals surface area contributed by atoms with Crippen LogP contribution in [0.15, 0.2) is 53.7 Å². The number of carbonyl (C=O) groups excluding carboxylic acids is 2. The zero-order valence-corrected chi connectivity index (χ0v) is 20.7. The van der Waals surface area contributed by atoms with Crippen molar-refractivity contribution in [1.82, 2.24) is 4.90 Å². The summed E-state index contributed by atoms with van der Waals surface area (Å²) in [5.41, 5.74) is 2.51. The molecule has 2 heterocycles. The Morgan fingerprint density at radius 1 is 1.18 bits per heavy atom. The largest absolute Gasteiger partial charge is 0.496 e. The number of nitrogens with zero attached hydrogens (tertiary/aromatic N) is 1. The molecule has 2 aliphatic rings. The Bertz CT molecular complexity index is 1110. The van der Waals surface area contributed by atoms with Crippen LogP contribution >= 0.6 is 23.2 Å². The zero-order chi connectivity index (χ0) is 24.2. The third kappa shape index (κ3) is 5.24. The monoisotopic (exact) mass is 503 g/mol. The minimum Gasteiger partial charge on any atom is -0.496 e. The van der Waals surface area contributed by atoms with Crippen LogP contribution < -0.4 is 4.74 Å². The van der Waals surface area contributed by atoms with E-state index in [0.717, 1.165) is 24.0 Å². The number of methoxy groups -OCH3 is 1. The number of rotatable bonds is 7. The number of benzene rings is 2. The number of carbonyl (C=O) groups is 2. The second kappa shape index (κ2) is 10.8. The van der Waals surface area contributed by atoms with Gasteiger partial charge in [0.05, 0.1) is 35.4 Å². The lowest BCUT2D eigenvalue weighted by atomic mass is 9.83. The van der Waals surface area contributed by atoms with Crippen molar-refractivity contribution in [3.05, 3.63) is 74.9 Å². The first kappa shape index (κ1) is 24.6. The highest BCUT2D eigenvalue weighted by Gasteiger charge is 2.38. The Morgan fingerprint density at radius 3 is 2.68 bits per heavy atom. The normalized spacial score (nSPS) is 20.6. The molecule has 2 aromatic rings. The van der Waals surface area contributed by atoms with Crippen LogP contribution in [0.1, 0.15) is 43.2 Å². The van der Waals surface area contributed by atoms with E-state index in [1.807, 2.05) is 24.3 Å². The van der Waals surface area contributed by atoms with E-state index in [0.29, 0.717) is 40.2 Å². The lowest BCUT2D eigenvalue weighted by molar-refractivity contribution is -0.141. The smallest absolute Gasteiger partial charge is 0.336 e. The second-order valence-corrected chi connectivity index (χ2v) is 9.27. The third-order valence-electron chi connectivity index (χ3n) is 6.35. The maximum atomic E-state index is 13.5. The van der Waals surface area contributed by atoms with Crippen molar-refractivity contribution in [2.24, 2.45) is 0 Å². The van der Waals surface area contributed by atoms with Gasteiger partial charge in [-0.1, -0.05) is 47.5 Å². The highest BCUT2D eigenvalue weighted by molar-refractivity contribution is 6.42. The van der Waals surface area contributed by atoms with Crippen molar-refractivity contribution in [1.29, 1.82) is 0 Å². The molecule has 4 rings (SSSR count). The number of hydrogen-bond donors (Lipinski definition) is 0. The molecule has 0 bridgehead atoms. The van der Waals surface area contributed by atoms with Crippen LogP contribution in [0.25, 0.3) is 0 Å². The van der Waals surface area contributed by atoms with Crippen LogP contribution in [0.3, 0.4) is 0 Å². The summed E-state index contributed by atoms with van der Waals surface area (Å²) >= 11 is 12.4. The predicted octanol–water partition coefficient (Wildman–Crippen LogP) is 5.51. The molecular formula is C26H27Cl2NO5. The molecule has 180 valence electrons. The minimum absolute atomic E-state index is 0.0359. The standard InChI is InChI=1S/C26H27Cl2NO5/c1-16-25(26(31)34-15-18-6-3-4-8-23(18)32-2)20(17-9-10-21(27)22(28)12-17)13-24(30)29(16)14-19-7-5-11-33-19/h3-4,6,8-10,12,19-20H,5,7,11,13-15H2,1-2H3/t19-,20+/m0/s1. The van der Waals surface area contributed by atoms with Crippen LogP contribution in [0.2, 0.25) is 10.0 Å². The van der Waals surface area contributed by atoms with Gasteiger partial charge in [0.1, 0.15) is 12.4 Å². The third-order valence-corrected chi connectivity index (χ3v) is 7.09. The van der Waals surface area contributed by atoms with E-state index in [1.165, 1.54) is 0 Å². The van der Waals surface area contributed by atoms with Crippen molar-refractivity contribution in [2.45, 2.75) is 44.8 Å². The number of esters is 1. The Balaban J connectivity index is 1.66. The summed E-state index contributed by atoms with van der Waals surface area (Å²) in [4.78, 5) is 28.3. The summed E-state index contributed by atoms with van der Waals surface area (Å²) in [6.07, 6.45) is 1.95. The molecule has 2 aromatic carbocycles. The molecule has 0 spiro atoms. The van der Waals surface area contributed by atoms with Crippen molar-refractivity contribution in [3.63, 3.8) is 0 Å². The summed E-state index contributed by atoms with van der Waals surface area (Å²) in [5, 5.41) is 0.779. The molecule has 0 aliphatic carbocycles. The van der Waals surface area contributed by atoms with E-state index in [4.69, 9.17) is 37.4 Å². The van der Waals surface area contributed by atoms with Gasteiger partial charge in [-0.25, -0.2) is 4.79 Å². The molecule has 1 amide bonds. The van der Waals surface area contributed by atoms with Gasteiger partial charge in [0.15, 0.2) is 0 Å². The molecule has 2 atom stereocenters. The molecule has 2 aliphatic heterocycles. The first-order chi connectivity index (χ1) is 16.4. The molecule has 8 heteroatoms. The molecular weight excluding hydrogens is 477 g/mol. The highest BCUT2D eigenvalue weighted by Crippen LogP contribution is 2.39. The Labute approximate surface area is 209 Å². The van der Waals surface area contributed by atoms with E-state index >= 15 is 0 Å². The van der Waals surface area contributed by atoms with Crippen molar-refractivity contribution >= 4 is 35.1 Å². The summed E-state index contributed by atoms with van der Waals surface area (Å²) < 4.78 is 16.8. The van der Waals surface area contributed by atoms with Crippen molar-refractivity contribution < 1.29 is 23.8 Å². The fourth-order valence-electron chi connectivity index (χ4n) is 4.55. The Hall–Kier alpha value is -2.54. The summed E-state index contributed by atoms with van der Waals surface area (Å²) in [6, 6.07) is 12.5. The molecule has 0 unspecified atom stereocenters. The van der Waals surface area contributed by atoms with Gasteiger partial charge < -0.3 is 19.1 Å². The van der Waals surface area contributed by atoms with Gasteiger partial charge in [0.25, 0.3) is 0 Å². The number of hydrogen-bond acceptors (Lipinski definition) is 5. The quantitative estimate of drug-likeness (QED) is 0.465. The Kier molecular flexibility index (Phi) is 7.81. The first-order valence-electron chi connectivity index (χ1n) is 11.3. The molecule has 0 saturated carbocycles. The molecule has 0 radical (unpaired) electrons. The highest BCUT2D eigenvalue weighted by atomic mass is 35.5. The van der Waals surface area contributed by atoms with Crippen LogP contribution in [0, 0.1) is 0 Å². The van der Waals surface area contributed by atoms with E-state index in [1.54, 1.807) is 37.1 Å². The lowest BCUT2D eigenvalue weighted by Gasteiger charge is -2.35. The summed E-state index contributed by atoms with van der Waals surface area (Å²) in [6.45, 7) is 2.95. The maximum Gasteiger partial charge on any atom is 0.336 e. The second-order valence-electron chi connectivity index (χ2n) is 8.46. The van der Waals surface area contributed by atoms with Crippen LogP contribution in [-0.4, -0.2) is 43.1 Å². The number of halogens is 2. The minimum atomic E-state index is -0.492. The van der Waals surface area contributed by atoms with E-state index in [2.05, 4.69) is 0 Å². The predicted molar refractivity (Wildman–Crippen MR) is 130 cm³/mol. The average molecular weight is 504 g/mol. The van der Waals surface area contributed by atoms with Gasteiger partial charge in [-0.05, 0) is 43.5 Å². The van der Waals surface area contributed by atoms with Crippen LogP contribution in [0.4, 0.5) is 0 Å². The van der Waals surface area contributed by atoms with Crippen molar-refractivity contribution in [2.75, 3.05) is 20.3 Å². The Morgan fingerprint density at radius 2 is 1.97 bits per heavy atom. The molecule has 0 N–H and O–H groups in total. The lowest BCUT2D eigenvalue weighted by Crippen LogP contribution is -2.42. The van der Waals surface area contributed by atoms with Gasteiger partial charge in [-0.15, -0.1) is 0 Å². The zero-order valence-electron chi connectivity index (χ0n) is 19.2. The van der Waals surface area contributed by atoms with E-state index in [9.17, 15) is 9.59 Å². The van der Waals surface area contributed by atoms with E-state index in [-0.39, 0.29) is 25.0 Å². The average Bonchev–Trinajstić information content (AvgIpc) is 3.35. The van der Waals surface area contributed by atoms with Crippen LogP contribution in [-0.2, 0) is 25.7 Å². The number of ether oxygens (including phenoxy) is 3. The summed E-state index contributed by atoms with van der Waals surface area (Å²) in [7, 11) is 1.57. The molecule has 6 nitrogen and oxygen atoms in total. The topological polar surface area (TPSA) is 65.1 Å². The SMILES string of the molecule is COc1ccccc1COC(=O)C1=C(C)N(C[C@@H]2CCCO2)C(=O)C[C@@H]1c1ccc(Cl)c(Cl)c1. The van der Waals surface area contributed by atoms with Gasteiger partial charge in [0.2, 0.25) is 5.91 Å². The molecule has 0 aromatic heterocycles. The fraction of sp³-hybridized carbons (Fsp3) is 0.385. The van der Waals surface area contributed by atoms with Gasteiger partial charge in [-0.2, -0.15) is 0 Å². The molecule has 1 saturated heterocycles. The fourth-order valence-corrected chi connectivity index (χ4v) is 4.86. The first-order valence-corrected chi connectivity index (χ1v) is 12.0. The molecule has 34 heavy (non-hydrogen) atoms.